The molecule has 0 amide bonds. The number of nitrogens with two attached hydrogens (primary N) is 1. The van der Waals surface area contributed by atoms with Gasteiger partial charge in [-0.05, 0) is 59.0 Å². The lowest BCUT2D eigenvalue weighted by molar-refractivity contribution is 0.274. The zero-order valence-corrected chi connectivity index (χ0v) is 10.1. The molecule has 1 fully saturated rings. The Kier molecular flexibility index (Phi) is 4.39. The van der Waals surface area contributed by atoms with E-state index in [4.69, 9.17) is 5.73 Å². The smallest absolute Gasteiger partial charge is 0.00971 e. The molecule has 1 rings (SSSR count). The number of hydrogen-bond acceptors (Lipinski definition) is 2. The van der Waals surface area contributed by atoms with Crippen LogP contribution in [0.5, 0.6) is 0 Å². The van der Waals surface area contributed by atoms with Crippen molar-refractivity contribution < 1.29 is 0 Å². The van der Waals surface area contributed by atoms with E-state index in [0.717, 1.165) is 12.3 Å². The summed E-state index contributed by atoms with van der Waals surface area (Å²) < 4.78 is 0. The minimum atomic E-state index is 0.0187. The van der Waals surface area contributed by atoms with Crippen LogP contribution in [0.15, 0.2) is 0 Å². The SMILES string of the molecule is CN1CCCCC(CCC(C)(C)N)C1. The minimum Gasteiger partial charge on any atom is -0.326 e. The van der Waals surface area contributed by atoms with Crippen LogP contribution in [0.2, 0.25) is 0 Å². The topological polar surface area (TPSA) is 29.3 Å². The molecule has 84 valence electrons. The predicted octanol–water partition coefficient (Wildman–Crippen LogP) is 2.24. The molecule has 0 bridgehead atoms. The third-order valence-electron chi connectivity index (χ3n) is 3.17. The molecule has 1 saturated heterocycles. The first-order valence-electron chi connectivity index (χ1n) is 5.95. The van der Waals surface area contributed by atoms with Crippen molar-refractivity contribution in [2.24, 2.45) is 11.7 Å². The van der Waals surface area contributed by atoms with Gasteiger partial charge in [0.25, 0.3) is 0 Å². The van der Waals surface area contributed by atoms with Crippen molar-refractivity contribution in [3.63, 3.8) is 0 Å². The van der Waals surface area contributed by atoms with Gasteiger partial charge in [0.1, 0.15) is 0 Å². The van der Waals surface area contributed by atoms with Crippen LogP contribution in [0.3, 0.4) is 0 Å². The number of nitrogens with zero attached hydrogens (tertiary/aromatic N) is 1. The van der Waals surface area contributed by atoms with E-state index in [9.17, 15) is 0 Å². The Morgan fingerprint density at radius 3 is 2.71 bits per heavy atom. The fourth-order valence-corrected chi connectivity index (χ4v) is 2.25. The Bertz CT molecular complexity index is 160. The van der Waals surface area contributed by atoms with Crippen molar-refractivity contribution in [1.29, 1.82) is 0 Å². The molecule has 0 aromatic carbocycles. The first-order valence-corrected chi connectivity index (χ1v) is 5.95. The molecule has 0 aromatic rings. The quantitative estimate of drug-likeness (QED) is 0.753. The van der Waals surface area contributed by atoms with Gasteiger partial charge in [0.2, 0.25) is 0 Å². The summed E-state index contributed by atoms with van der Waals surface area (Å²) >= 11 is 0. The third-order valence-corrected chi connectivity index (χ3v) is 3.17. The zero-order chi connectivity index (χ0) is 10.6. The van der Waals surface area contributed by atoms with Crippen molar-refractivity contribution in [2.75, 3.05) is 20.1 Å². The van der Waals surface area contributed by atoms with Gasteiger partial charge in [0.05, 0.1) is 0 Å². The fraction of sp³-hybridized carbons (Fsp3) is 1.00. The fourth-order valence-electron chi connectivity index (χ4n) is 2.25. The van der Waals surface area contributed by atoms with Crippen LogP contribution in [-0.2, 0) is 0 Å². The van der Waals surface area contributed by atoms with Gasteiger partial charge in [-0.3, -0.25) is 0 Å². The van der Waals surface area contributed by atoms with E-state index in [1.54, 1.807) is 0 Å². The second-order valence-electron chi connectivity index (χ2n) is 5.65. The first kappa shape index (κ1) is 12.0. The van der Waals surface area contributed by atoms with E-state index >= 15 is 0 Å². The molecule has 2 N–H and O–H groups in total. The van der Waals surface area contributed by atoms with E-state index in [2.05, 4.69) is 25.8 Å². The van der Waals surface area contributed by atoms with Crippen LogP contribution in [-0.4, -0.2) is 30.6 Å². The van der Waals surface area contributed by atoms with Gasteiger partial charge >= 0.3 is 0 Å². The van der Waals surface area contributed by atoms with Gasteiger partial charge in [-0.25, -0.2) is 0 Å². The summed E-state index contributed by atoms with van der Waals surface area (Å²) in [6, 6.07) is 0. The van der Waals surface area contributed by atoms with E-state index in [0.29, 0.717) is 0 Å². The second kappa shape index (κ2) is 5.13. The summed E-state index contributed by atoms with van der Waals surface area (Å²) in [6.45, 7) is 6.82. The summed E-state index contributed by atoms with van der Waals surface area (Å²) in [5, 5.41) is 0. The molecule has 0 aromatic heterocycles. The van der Waals surface area contributed by atoms with Crippen molar-refractivity contribution >= 4 is 0 Å². The third kappa shape index (κ3) is 4.97. The highest BCUT2D eigenvalue weighted by Gasteiger charge is 2.18. The van der Waals surface area contributed by atoms with E-state index in [1.807, 2.05) is 0 Å². The van der Waals surface area contributed by atoms with Crippen LogP contribution < -0.4 is 5.73 Å². The Labute approximate surface area is 88.8 Å². The van der Waals surface area contributed by atoms with E-state index in [-0.39, 0.29) is 5.54 Å². The molecule has 1 atom stereocenters. The average Bonchev–Trinajstić information content (AvgIpc) is 2.25. The predicted molar refractivity (Wildman–Crippen MR) is 62.3 cm³/mol. The zero-order valence-electron chi connectivity index (χ0n) is 10.1. The largest absolute Gasteiger partial charge is 0.326 e. The Morgan fingerprint density at radius 1 is 1.36 bits per heavy atom. The molecular weight excluding hydrogens is 172 g/mol. The minimum absolute atomic E-state index is 0.0187. The molecule has 1 aliphatic rings. The lowest BCUT2D eigenvalue weighted by Gasteiger charge is -2.24. The summed E-state index contributed by atoms with van der Waals surface area (Å²) in [7, 11) is 2.24. The Hall–Kier alpha value is -0.0800. The van der Waals surface area contributed by atoms with Crippen LogP contribution >= 0.6 is 0 Å². The molecule has 0 aliphatic carbocycles. The number of likely N-dealkylation sites (tertiary alicyclic amines) is 1. The molecule has 1 aliphatic heterocycles. The van der Waals surface area contributed by atoms with Crippen LogP contribution in [0.1, 0.15) is 46.0 Å². The second-order valence-corrected chi connectivity index (χ2v) is 5.65. The number of rotatable bonds is 3. The highest BCUT2D eigenvalue weighted by Crippen LogP contribution is 2.22. The standard InChI is InChI=1S/C12H26N2/c1-12(2,13)8-7-11-6-4-5-9-14(3)10-11/h11H,4-10,13H2,1-3H3. The molecule has 14 heavy (non-hydrogen) atoms. The lowest BCUT2D eigenvalue weighted by Crippen LogP contribution is -2.33. The summed E-state index contributed by atoms with van der Waals surface area (Å²) in [5.41, 5.74) is 6.03. The molecule has 0 radical (unpaired) electrons. The number of hydrogen-bond donors (Lipinski definition) is 1. The maximum atomic E-state index is 6.01. The molecule has 2 heteroatoms. The normalized spacial score (nSPS) is 26.1. The first-order chi connectivity index (χ1) is 6.47. The van der Waals surface area contributed by atoms with Crippen molar-refractivity contribution in [3.05, 3.63) is 0 Å². The molecule has 0 saturated carbocycles. The van der Waals surface area contributed by atoms with Gasteiger partial charge in [-0.15, -0.1) is 0 Å². The van der Waals surface area contributed by atoms with Crippen LogP contribution in [0.4, 0.5) is 0 Å². The summed E-state index contributed by atoms with van der Waals surface area (Å²) in [4.78, 5) is 2.47. The van der Waals surface area contributed by atoms with Crippen molar-refractivity contribution in [1.82, 2.24) is 4.90 Å². The van der Waals surface area contributed by atoms with E-state index in [1.165, 1.54) is 38.8 Å². The van der Waals surface area contributed by atoms with Gasteiger partial charge in [0.15, 0.2) is 0 Å². The highest BCUT2D eigenvalue weighted by atomic mass is 15.1. The van der Waals surface area contributed by atoms with Crippen molar-refractivity contribution in [2.45, 2.75) is 51.5 Å². The van der Waals surface area contributed by atoms with E-state index < -0.39 is 0 Å². The van der Waals surface area contributed by atoms with Gasteiger partial charge in [-0.2, -0.15) is 0 Å². The maximum absolute atomic E-state index is 6.01. The maximum Gasteiger partial charge on any atom is 0.00971 e. The van der Waals surface area contributed by atoms with Crippen LogP contribution in [0, 0.1) is 5.92 Å². The molecule has 1 unspecified atom stereocenters. The van der Waals surface area contributed by atoms with Gasteiger partial charge in [0, 0.05) is 12.1 Å². The lowest BCUT2D eigenvalue weighted by atomic mass is 9.90. The molecular formula is C12H26N2. The van der Waals surface area contributed by atoms with Gasteiger partial charge < -0.3 is 10.6 Å². The summed E-state index contributed by atoms with van der Waals surface area (Å²) in [6.07, 6.45) is 6.64. The summed E-state index contributed by atoms with van der Waals surface area (Å²) in [5.74, 6) is 0.880. The molecule has 2 nitrogen and oxygen atoms in total. The monoisotopic (exact) mass is 198 g/mol. The highest BCUT2D eigenvalue weighted by molar-refractivity contribution is 4.76. The molecule has 0 spiro atoms. The Morgan fingerprint density at radius 2 is 2.07 bits per heavy atom. The average molecular weight is 198 g/mol. The molecule has 1 heterocycles. The van der Waals surface area contributed by atoms with Gasteiger partial charge in [-0.1, -0.05) is 6.42 Å². The van der Waals surface area contributed by atoms with Crippen molar-refractivity contribution in [3.8, 4) is 0 Å². The van der Waals surface area contributed by atoms with Crippen LogP contribution in [0.25, 0.3) is 0 Å². The Balaban J connectivity index is 2.28.